The molecule has 1 aromatic carbocycles. The smallest absolute Gasteiger partial charge is 0.180 e. The number of thiazole rings is 1. The number of rotatable bonds is 6. The van der Waals surface area contributed by atoms with E-state index in [2.05, 4.69) is 55.0 Å². The van der Waals surface area contributed by atoms with E-state index in [0.29, 0.717) is 11.0 Å². The van der Waals surface area contributed by atoms with Crippen LogP contribution >= 0.6 is 11.3 Å². The van der Waals surface area contributed by atoms with Crippen LogP contribution < -0.4 is 11.1 Å². The fourth-order valence-electron chi connectivity index (χ4n) is 2.34. The van der Waals surface area contributed by atoms with Crippen LogP contribution in [0.2, 0.25) is 0 Å². The van der Waals surface area contributed by atoms with Crippen LogP contribution in [0.25, 0.3) is 0 Å². The minimum Gasteiger partial charge on any atom is -0.375 e. The molecule has 20 heavy (non-hydrogen) atoms. The summed E-state index contributed by atoms with van der Waals surface area (Å²) in [5, 5.41) is 4.17. The SMILES string of the molecule is C=CCNC(C)(c1cnc(N)s1)C(C)c1ccccc1. The highest BCUT2D eigenvalue weighted by Gasteiger charge is 2.35. The predicted molar refractivity (Wildman–Crippen MR) is 86.9 cm³/mol. The third kappa shape index (κ3) is 2.92. The van der Waals surface area contributed by atoms with Gasteiger partial charge in [0.05, 0.1) is 5.54 Å². The van der Waals surface area contributed by atoms with Crippen LogP contribution in [-0.4, -0.2) is 11.5 Å². The Morgan fingerprint density at radius 2 is 2.15 bits per heavy atom. The van der Waals surface area contributed by atoms with Gasteiger partial charge in [0.2, 0.25) is 0 Å². The highest BCUT2D eigenvalue weighted by Crippen LogP contribution is 2.39. The van der Waals surface area contributed by atoms with Gasteiger partial charge < -0.3 is 11.1 Å². The van der Waals surface area contributed by atoms with Crippen LogP contribution in [0.3, 0.4) is 0 Å². The van der Waals surface area contributed by atoms with Crippen molar-refractivity contribution in [1.29, 1.82) is 0 Å². The second kappa shape index (κ2) is 6.20. The van der Waals surface area contributed by atoms with Crippen molar-refractivity contribution in [1.82, 2.24) is 10.3 Å². The minimum absolute atomic E-state index is 0.217. The normalized spacial score (nSPS) is 15.5. The van der Waals surface area contributed by atoms with Gasteiger partial charge >= 0.3 is 0 Å². The highest BCUT2D eigenvalue weighted by atomic mass is 32.1. The number of nitrogens with two attached hydrogens (primary N) is 1. The van der Waals surface area contributed by atoms with Crippen molar-refractivity contribution in [3.8, 4) is 0 Å². The van der Waals surface area contributed by atoms with Gasteiger partial charge in [-0.1, -0.05) is 43.3 Å². The van der Waals surface area contributed by atoms with Gasteiger partial charge in [-0.2, -0.15) is 0 Å². The van der Waals surface area contributed by atoms with Crippen molar-refractivity contribution in [2.75, 3.05) is 12.3 Å². The molecule has 0 bridgehead atoms. The molecule has 0 amide bonds. The first-order chi connectivity index (χ1) is 9.58. The Hall–Kier alpha value is -1.65. The monoisotopic (exact) mass is 287 g/mol. The summed E-state index contributed by atoms with van der Waals surface area (Å²) in [7, 11) is 0. The molecule has 1 aromatic heterocycles. The van der Waals surface area contributed by atoms with E-state index in [1.54, 1.807) is 0 Å². The average Bonchev–Trinajstić information content (AvgIpc) is 2.92. The van der Waals surface area contributed by atoms with E-state index in [0.717, 1.165) is 11.4 Å². The fraction of sp³-hybridized carbons (Fsp3) is 0.312. The number of nitrogen functional groups attached to an aromatic ring is 1. The molecule has 0 radical (unpaired) electrons. The zero-order valence-electron chi connectivity index (χ0n) is 12.0. The molecule has 3 N–H and O–H groups in total. The number of nitrogens with zero attached hydrogens (tertiary/aromatic N) is 1. The lowest BCUT2D eigenvalue weighted by Gasteiger charge is -2.36. The van der Waals surface area contributed by atoms with Gasteiger partial charge in [0.15, 0.2) is 5.13 Å². The number of benzene rings is 1. The predicted octanol–water partition coefficient (Wildman–Crippen LogP) is 3.52. The Balaban J connectivity index is 2.38. The third-order valence-electron chi connectivity index (χ3n) is 3.81. The molecule has 0 saturated heterocycles. The quantitative estimate of drug-likeness (QED) is 0.799. The zero-order chi connectivity index (χ0) is 14.6. The lowest BCUT2D eigenvalue weighted by molar-refractivity contribution is 0.330. The van der Waals surface area contributed by atoms with E-state index in [4.69, 9.17) is 5.73 Å². The fourth-order valence-corrected chi connectivity index (χ4v) is 3.24. The summed E-state index contributed by atoms with van der Waals surface area (Å²) in [5.74, 6) is 0.295. The molecule has 1 heterocycles. The lowest BCUT2D eigenvalue weighted by atomic mass is 9.81. The van der Waals surface area contributed by atoms with E-state index >= 15 is 0 Å². The summed E-state index contributed by atoms with van der Waals surface area (Å²) in [5.41, 5.74) is 6.88. The van der Waals surface area contributed by atoms with Gasteiger partial charge in [0.1, 0.15) is 0 Å². The molecule has 2 rings (SSSR count). The second-order valence-corrected chi connectivity index (χ2v) is 6.13. The molecule has 2 unspecified atom stereocenters. The Morgan fingerprint density at radius 3 is 2.70 bits per heavy atom. The Labute approximate surface area is 124 Å². The van der Waals surface area contributed by atoms with Crippen molar-refractivity contribution in [3.05, 3.63) is 59.6 Å². The van der Waals surface area contributed by atoms with Crippen molar-refractivity contribution < 1.29 is 0 Å². The van der Waals surface area contributed by atoms with E-state index in [1.807, 2.05) is 18.3 Å². The summed E-state index contributed by atoms with van der Waals surface area (Å²) < 4.78 is 0. The van der Waals surface area contributed by atoms with Gasteiger partial charge in [0.25, 0.3) is 0 Å². The number of anilines is 1. The standard InChI is InChI=1S/C16H21N3S/c1-4-10-19-16(3,14-11-18-15(17)20-14)12(2)13-8-6-5-7-9-13/h4-9,11-12,19H,1,10H2,2-3H3,(H2,17,18). The molecule has 0 aliphatic heterocycles. The van der Waals surface area contributed by atoms with Crippen LogP contribution in [0.1, 0.15) is 30.2 Å². The van der Waals surface area contributed by atoms with Crippen molar-refractivity contribution in [2.45, 2.75) is 25.3 Å². The topological polar surface area (TPSA) is 50.9 Å². The maximum Gasteiger partial charge on any atom is 0.180 e. The van der Waals surface area contributed by atoms with Gasteiger partial charge in [-0.15, -0.1) is 17.9 Å². The average molecular weight is 287 g/mol. The van der Waals surface area contributed by atoms with Crippen molar-refractivity contribution in [2.24, 2.45) is 0 Å². The van der Waals surface area contributed by atoms with Crippen LogP contribution in [0, 0.1) is 0 Å². The highest BCUT2D eigenvalue weighted by molar-refractivity contribution is 7.15. The zero-order valence-corrected chi connectivity index (χ0v) is 12.8. The number of aromatic nitrogens is 1. The van der Waals surface area contributed by atoms with Crippen LogP contribution in [0.5, 0.6) is 0 Å². The number of nitrogens with one attached hydrogen (secondary N) is 1. The summed E-state index contributed by atoms with van der Waals surface area (Å²) in [4.78, 5) is 5.34. The largest absolute Gasteiger partial charge is 0.375 e. The maximum atomic E-state index is 5.80. The first-order valence-electron chi connectivity index (χ1n) is 6.70. The molecule has 0 aliphatic rings. The number of hydrogen-bond acceptors (Lipinski definition) is 4. The van der Waals surface area contributed by atoms with Crippen LogP contribution in [0.15, 0.2) is 49.2 Å². The van der Waals surface area contributed by atoms with E-state index in [-0.39, 0.29) is 5.54 Å². The van der Waals surface area contributed by atoms with E-state index in [9.17, 15) is 0 Å². The van der Waals surface area contributed by atoms with Crippen molar-refractivity contribution >= 4 is 16.5 Å². The lowest BCUT2D eigenvalue weighted by Crippen LogP contribution is -2.43. The molecule has 0 aliphatic carbocycles. The molecule has 2 aromatic rings. The molecule has 2 atom stereocenters. The maximum absolute atomic E-state index is 5.80. The summed E-state index contributed by atoms with van der Waals surface area (Å²) in [6.07, 6.45) is 3.75. The van der Waals surface area contributed by atoms with Crippen molar-refractivity contribution in [3.63, 3.8) is 0 Å². The van der Waals surface area contributed by atoms with Gasteiger partial charge in [-0.3, -0.25) is 0 Å². The molecular weight excluding hydrogens is 266 g/mol. The Bertz CT molecular complexity index is 564. The second-order valence-electron chi connectivity index (χ2n) is 5.07. The van der Waals surface area contributed by atoms with Gasteiger partial charge in [0, 0.05) is 23.5 Å². The summed E-state index contributed by atoms with van der Waals surface area (Å²) in [6.45, 7) is 8.96. The molecule has 0 saturated carbocycles. The Kier molecular flexibility index (Phi) is 4.57. The third-order valence-corrected chi connectivity index (χ3v) is 4.88. The van der Waals surface area contributed by atoms with Gasteiger partial charge in [-0.05, 0) is 12.5 Å². The summed E-state index contributed by atoms with van der Waals surface area (Å²) in [6, 6.07) is 10.5. The van der Waals surface area contributed by atoms with E-state index < -0.39 is 0 Å². The Morgan fingerprint density at radius 1 is 1.45 bits per heavy atom. The molecule has 106 valence electrons. The molecular formula is C16H21N3S. The first kappa shape index (κ1) is 14.8. The van der Waals surface area contributed by atoms with Crippen LogP contribution in [-0.2, 0) is 5.54 Å². The van der Waals surface area contributed by atoms with Gasteiger partial charge in [-0.25, -0.2) is 4.98 Å². The van der Waals surface area contributed by atoms with Crippen LogP contribution in [0.4, 0.5) is 5.13 Å². The van der Waals surface area contributed by atoms with E-state index in [1.165, 1.54) is 16.9 Å². The first-order valence-corrected chi connectivity index (χ1v) is 7.52. The molecule has 0 fully saturated rings. The molecule has 4 heteroatoms. The minimum atomic E-state index is -0.217. The molecule has 0 spiro atoms. The summed E-state index contributed by atoms with van der Waals surface area (Å²) >= 11 is 1.54. The number of hydrogen-bond donors (Lipinski definition) is 2. The molecule has 3 nitrogen and oxygen atoms in total.